The Hall–Kier alpha value is -2.94. The summed E-state index contributed by atoms with van der Waals surface area (Å²) in [7, 11) is 0. The molecule has 0 saturated carbocycles. The van der Waals surface area contributed by atoms with Gasteiger partial charge in [0.25, 0.3) is 11.8 Å². The highest BCUT2D eigenvalue weighted by atomic mass is 16.7. The molecule has 1 saturated heterocycles. The fourth-order valence-electron chi connectivity index (χ4n) is 2.22. The second kappa shape index (κ2) is 9.32. The lowest BCUT2D eigenvalue weighted by atomic mass is 10.2. The Kier molecular flexibility index (Phi) is 7.11. The second-order valence-electron chi connectivity index (χ2n) is 7.17. The molecule has 0 spiro atoms. The number of alkyl carbamates (subject to hydrolysis) is 1. The lowest BCUT2D eigenvalue weighted by molar-refractivity contribution is -0.200. The number of ether oxygens (including phenoxy) is 2. The maximum absolute atomic E-state index is 12.4. The first-order valence-electron chi connectivity index (χ1n) is 8.84. The summed E-state index contributed by atoms with van der Waals surface area (Å²) in [6.07, 6.45) is -0.911. The molecular weight excluding hydrogens is 368 g/mol. The number of nitrogens with one attached hydrogen (secondary N) is 1. The summed E-state index contributed by atoms with van der Waals surface area (Å²) >= 11 is 0. The minimum absolute atomic E-state index is 0.0116. The van der Waals surface area contributed by atoms with Crippen molar-refractivity contribution in [3.8, 4) is 0 Å². The predicted octanol–water partition coefficient (Wildman–Crippen LogP) is 1.70. The zero-order valence-corrected chi connectivity index (χ0v) is 16.1. The standard InChI is InChI=1S/C19H24N2O7/c1-19(2,3)27-12-14(17(24)28-21-15(22)9-10-16(21)23)20-18(25)26-11-13-7-5-4-6-8-13/h4-8,14H,9-12H2,1-3H3,(H,20,25)/t14-/m1/s1. The molecule has 152 valence electrons. The van der Waals surface area contributed by atoms with Crippen molar-refractivity contribution < 1.29 is 33.5 Å². The van der Waals surface area contributed by atoms with Crippen molar-refractivity contribution in [2.45, 2.75) is 51.9 Å². The van der Waals surface area contributed by atoms with Gasteiger partial charge >= 0.3 is 12.1 Å². The highest BCUT2D eigenvalue weighted by Crippen LogP contribution is 2.14. The number of rotatable bonds is 7. The minimum atomic E-state index is -1.26. The molecule has 1 aromatic rings. The molecule has 9 heteroatoms. The van der Waals surface area contributed by atoms with Crippen LogP contribution in [-0.4, -0.2) is 47.2 Å². The SMILES string of the molecule is CC(C)(C)OC[C@@H](NC(=O)OCc1ccccc1)C(=O)ON1C(=O)CCC1=O. The molecule has 0 radical (unpaired) electrons. The van der Waals surface area contributed by atoms with Gasteiger partial charge in [-0.2, -0.15) is 0 Å². The van der Waals surface area contributed by atoms with Crippen molar-refractivity contribution in [1.29, 1.82) is 0 Å². The quantitative estimate of drug-likeness (QED) is 0.703. The van der Waals surface area contributed by atoms with Gasteiger partial charge in [-0.3, -0.25) is 9.59 Å². The monoisotopic (exact) mass is 392 g/mol. The van der Waals surface area contributed by atoms with Crippen LogP contribution in [0, 0.1) is 0 Å². The Labute approximate surface area is 162 Å². The number of hydroxylamine groups is 2. The number of carbonyl (C=O) groups excluding carboxylic acids is 4. The van der Waals surface area contributed by atoms with E-state index in [0.29, 0.717) is 5.06 Å². The van der Waals surface area contributed by atoms with Crippen molar-refractivity contribution in [2.75, 3.05) is 6.61 Å². The zero-order chi connectivity index (χ0) is 20.7. The highest BCUT2D eigenvalue weighted by Gasteiger charge is 2.36. The van der Waals surface area contributed by atoms with E-state index in [1.807, 2.05) is 6.07 Å². The molecule has 1 aliphatic rings. The minimum Gasteiger partial charge on any atom is -0.445 e. The molecule has 1 atom stereocenters. The molecule has 0 unspecified atom stereocenters. The molecule has 9 nitrogen and oxygen atoms in total. The van der Waals surface area contributed by atoms with E-state index in [2.05, 4.69) is 5.32 Å². The molecule has 1 fully saturated rings. The topological polar surface area (TPSA) is 111 Å². The molecule has 1 heterocycles. The summed E-state index contributed by atoms with van der Waals surface area (Å²) in [5.74, 6) is -2.22. The van der Waals surface area contributed by atoms with E-state index in [1.165, 1.54) is 0 Å². The van der Waals surface area contributed by atoms with Crippen LogP contribution in [0.15, 0.2) is 30.3 Å². The van der Waals surface area contributed by atoms with Gasteiger partial charge < -0.3 is 19.6 Å². The average Bonchev–Trinajstić information content (AvgIpc) is 2.95. The van der Waals surface area contributed by atoms with E-state index < -0.39 is 35.5 Å². The molecule has 1 aromatic carbocycles. The van der Waals surface area contributed by atoms with Gasteiger partial charge in [0.05, 0.1) is 12.2 Å². The summed E-state index contributed by atoms with van der Waals surface area (Å²) in [5.41, 5.74) is 0.184. The Morgan fingerprint density at radius 1 is 1.11 bits per heavy atom. The highest BCUT2D eigenvalue weighted by molar-refractivity contribution is 6.01. The zero-order valence-electron chi connectivity index (χ0n) is 16.1. The van der Waals surface area contributed by atoms with Crippen LogP contribution in [0.25, 0.3) is 0 Å². The van der Waals surface area contributed by atoms with Crippen LogP contribution in [-0.2, 0) is 35.3 Å². The van der Waals surface area contributed by atoms with Gasteiger partial charge in [0.1, 0.15) is 6.61 Å². The summed E-state index contributed by atoms with van der Waals surface area (Å²) < 4.78 is 10.6. The van der Waals surface area contributed by atoms with E-state index in [1.54, 1.807) is 45.0 Å². The molecule has 0 bridgehead atoms. The maximum Gasteiger partial charge on any atom is 0.408 e. The van der Waals surface area contributed by atoms with Crippen molar-refractivity contribution in [3.05, 3.63) is 35.9 Å². The Bertz CT molecular complexity index is 712. The first kappa shape index (κ1) is 21.4. The van der Waals surface area contributed by atoms with E-state index in [4.69, 9.17) is 14.3 Å². The number of benzene rings is 1. The van der Waals surface area contributed by atoms with Crippen LogP contribution < -0.4 is 5.32 Å². The second-order valence-corrected chi connectivity index (χ2v) is 7.17. The summed E-state index contributed by atoms with van der Waals surface area (Å²) in [4.78, 5) is 52.6. The van der Waals surface area contributed by atoms with Gasteiger partial charge in [-0.05, 0) is 26.3 Å². The van der Waals surface area contributed by atoms with Crippen LogP contribution in [0.3, 0.4) is 0 Å². The molecule has 3 amide bonds. The van der Waals surface area contributed by atoms with Gasteiger partial charge in [-0.1, -0.05) is 30.3 Å². The summed E-state index contributed by atoms with van der Waals surface area (Å²) in [6, 6.07) is 7.75. The molecule has 28 heavy (non-hydrogen) atoms. The number of amides is 3. The Morgan fingerprint density at radius 3 is 2.29 bits per heavy atom. The van der Waals surface area contributed by atoms with Crippen molar-refractivity contribution in [1.82, 2.24) is 10.4 Å². The van der Waals surface area contributed by atoms with Crippen molar-refractivity contribution >= 4 is 23.9 Å². The van der Waals surface area contributed by atoms with Gasteiger partial charge in [-0.15, -0.1) is 5.06 Å². The number of carbonyl (C=O) groups is 4. The van der Waals surface area contributed by atoms with E-state index in [0.717, 1.165) is 5.56 Å². The molecule has 1 N–H and O–H groups in total. The Balaban J connectivity index is 1.97. The van der Waals surface area contributed by atoms with Gasteiger partial charge in [0.2, 0.25) is 0 Å². The predicted molar refractivity (Wildman–Crippen MR) is 96.4 cm³/mol. The molecule has 1 aliphatic heterocycles. The van der Waals surface area contributed by atoms with Crippen LogP contribution >= 0.6 is 0 Å². The van der Waals surface area contributed by atoms with Crippen LogP contribution in [0.5, 0.6) is 0 Å². The van der Waals surface area contributed by atoms with Gasteiger partial charge in [0, 0.05) is 12.8 Å². The maximum atomic E-state index is 12.4. The van der Waals surface area contributed by atoms with E-state index in [9.17, 15) is 19.2 Å². The van der Waals surface area contributed by atoms with Crippen LogP contribution in [0.4, 0.5) is 4.79 Å². The number of nitrogens with zero attached hydrogens (tertiary/aromatic N) is 1. The third-order valence-electron chi connectivity index (χ3n) is 3.66. The van der Waals surface area contributed by atoms with Crippen molar-refractivity contribution in [3.63, 3.8) is 0 Å². The Morgan fingerprint density at radius 2 is 1.71 bits per heavy atom. The molecule has 0 aliphatic carbocycles. The smallest absolute Gasteiger partial charge is 0.408 e. The van der Waals surface area contributed by atoms with Crippen molar-refractivity contribution in [2.24, 2.45) is 0 Å². The van der Waals surface area contributed by atoms with Crippen LogP contribution in [0.2, 0.25) is 0 Å². The fourth-order valence-corrected chi connectivity index (χ4v) is 2.22. The largest absolute Gasteiger partial charge is 0.445 e. The van der Waals surface area contributed by atoms with Gasteiger partial charge in [-0.25, -0.2) is 9.59 Å². The summed E-state index contributed by atoms with van der Waals surface area (Å²) in [6.45, 7) is 5.11. The van der Waals surface area contributed by atoms with E-state index in [-0.39, 0.29) is 26.1 Å². The molecular formula is C19H24N2O7. The van der Waals surface area contributed by atoms with E-state index >= 15 is 0 Å². The third kappa shape index (κ3) is 6.66. The lowest BCUT2D eigenvalue weighted by Crippen LogP contribution is -2.49. The number of hydrogen-bond donors (Lipinski definition) is 1. The normalized spacial score (nSPS) is 15.3. The lowest BCUT2D eigenvalue weighted by Gasteiger charge is -2.24. The molecule has 0 aromatic heterocycles. The fraction of sp³-hybridized carbons (Fsp3) is 0.474. The van der Waals surface area contributed by atoms with Crippen LogP contribution in [0.1, 0.15) is 39.2 Å². The first-order chi connectivity index (χ1) is 13.2. The third-order valence-corrected chi connectivity index (χ3v) is 3.66. The summed E-state index contributed by atoms with van der Waals surface area (Å²) in [5, 5.41) is 2.77. The molecule has 2 rings (SSSR count). The number of hydrogen-bond acceptors (Lipinski definition) is 7. The van der Waals surface area contributed by atoms with Gasteiger partial charge in [0.15, 0.2) is 6.04 Å². The first-order valence-corrected chi connectivity index (χ1v) is 8.84. The average molecular weight is 392 g/mol. The number of imide groups is 1.